The molecule has 0 atom stereocenters. The fraction of sp³-hybridized carbons (Fsp3) is 1.00. The zero-order valence-corrected chi connectivity index (χ0v) is 10.2. The summed E-state index contributed by atoms with van der Waals surface area (Å²) in [5.74, 6) is 0. The van der Waals surface area contributed by atoms with Gasteiger partial charge in [-0.3, -0.25) is 4.90 Å². The van der Waals surface area contributed by atoms with E-state index in [0.717, 1.165) is 13.1 Å². The van der Waals surface area contributed by atoms with Gasteiger partial charge in [-0.2, -0.15) is 0 Å². The van der Waals surface area contributed by atoms with Crippen molar-refractivity contribution in [3.05, 3.63) is 0 Å². The molecule has 1 aliphatic heterocycles. The van der Waals surface area contributed by atoms with Gasteiger partial charge in [-0.1, -0.05) is 19.6 Å². The van der Waals surface area contributed by atoms with Crippen LogP contribution in [0.15, 0.2) is 0 Å². The first kappa shape index (κ1) is 11.2. The lowest BCUT2D eigenvalue weighted by Crippen LogP contribution is -2.56. The number of piperazine rings is 1. The average molecular weight is 201 g/mol. The number of nitrogens with two attached hydrogens (primary N) is 1. The molecule has 1 aliphatic rings. The monoisotopic (exact) mass is 201 g/mol. The summed E-state index contributed by atoms with van der Waals surface area (Å²) < 4.78 is 2.68. The van der Waals surface area contributed by atoms with Crippen LogP contribution in [-0.4, -0.2) is 57.0 Å². The van der Waals surface area contributed by atoms with Gasteiger partial charge in [0.1, 0.15) is 8.24 Å². The lowest BCUT2D eigenvalue weighted by molar-refractivity contribution is 0.188. The normalized spacial score (nSPS) is 22.2. The van der Waals surface area contributed by atoms with Crippen LogP contribution in [0.5, 0.6) is 0 Å². The van der Waals surface area contributed by atoms with E-state index in [0.29, 0.717) is 0 Å². The predicted octanol–water partition coefficient (Wildman–Crippen LogP) is 0.398. The molecule has 0 radical (unpaired) electrons. The van der Waals surface area contributed by atoms with Crippen molar-refractivity contribution in [2.75, 3.05) is 39.3 Å². The van der Waals surface area contributed by atoms with Gasteiger partial charge in [-0.05, 0) is 0 Å². The van der Waals surface area contributed by atoms with Crippen LogP contribution >= 0.6 is 0 Å². The Morgan fingerprint density at radius 2 is 1.62 bits per heavy atom. The van der Waals surface area contributed by atoms with E-state index in [1.165, 1.54) is 26.2 Å². The zero-order valence-electron chi connectivity index (χ0n) is 9.21. The summed E-state index contributed by atoms with van der Waals surface area (Å²) in [6.45, 7) is 14.0. The van der Waals surface area contributed by atoms with Crippen molar-refractivity contribution in [2.24, 2.45) is 5.73 Å². The van der Waals surface area contributed by atoms with Gasteiger partial charge in [-0.15, -0.1) is 0 Å². The quantitative estimate of drug-likeness (QED) is 0.671. The molecule has 0 aromatic heterocycles. The highest BCUT2D eigenvalue weighted by molar-refractivity contribution is 6.73. The van der Waals surface area contributed by atoms with E-state index in [9.17, 15) is 0 Å². The first-order valence-corrected chi connectivity index (χ1v) is 8.66. The standard InChI is InChI=1S/C9H23N3Si/c1-13(2,3)12-8-6-11(5-4-10)7-9-12/h4-10H2,1-3H3. The van der Waals surface area contributed by atoms with Crippen LogP contribution in [0.2, 0.25) is 19.6 Å². The molecule has 0 spiro atoms. The van der Waals surface area contributed by atoms with Crippen LogP contribution in [0.4, 0.5) is 0 Å². The van der Waals surface area contributed by atoms with E-state index in [4.69, 9.17) is 5.73 Å². The second kappa shape index (κ2) is 4.55. The summed E-state index contributed by atoms with van der Waals surface area (Å²) in [6, 6.07) is 0. The summed E-state index contributed by atoms with van der Waals surface area (Å²) in [7, 11) is -1.03. The Balaban J connectivity index is 2.30. The van der Waals surface area contributed by atoms with Crippen molar-refractivity contribution < 1.29 is 0 Å². The molecular formula is C9H23N3Si. The second-order valence-electron chi connectivity index (χ2n) is 4.79. The molecule has 0 bridgehead atoms. The van der Waals surface area contributed by atoms with E-state index in [1.54, 1.807) is 0 Å². The van der Waals surface area contributed by atoms with E-state index in [-0.39, 0.29) is 0 Å². The highest BCUT2D eigenvalue weighted by Gasteiger charge is 2.26. The Morgan fingerprint density at radius 3 is 2.00 bits per heavy atom. The molecule has 13 heavy (non-hydrogen) atoms. The lowest BCUT2D eigenvalue weighted by Gasteiger charge is -2.41. The molecule has 4 heteroatoms. The molecule has 0 unspecified atom stereocenters. The summed E-state index contributed by atoms with van der Waals surface area (Å²) in [5.41, 5.74) is 5.53. The van der Waals surface area contributed by atoms with Crippen LogP contribution < -0.4 is 5.73 Å². The van der Waals surface area contributed by atoms with Gasteiger partial charge in [0.2, 0.25) is 0 Å². The van der Waals surface area contributed by atoms with Crippen molar-refractivity contribution in [3.8, 4) is 0 Å². The van der Waals surface area contributed by atoms with Gasteiger partial charge in [0.15, 0.2) is 0 Å². The van der Waals surface area contributed by atoms with Crippen molar-refractivity contribution >= 4 is 8.24 Å². The van der Waals surface area contributed by atoms with Crippen LogP contribution in [0, 0.1) is 0 Å². The summed E-state index contributed by atoms with van der Waals surface area (Å²) in [5, 5.41) is 0. The average Bonchev–Trinajstić information content (AvgIpc) is 2.04. The Morgan fingerprint density at radius 1 is 1.08 bits per heavy atom. The predicted molar refractivity (Wildman–Crippen MR) is 60.4 cm³/mol. The maximum Gasteiger partial charge on any atom is 0.119 e. The summed E-state index contributed by atoms with van der Waals surface area (Å²) in [6.07, 6.45) is 0. The van der Waals surface area contributed by atoms with Crippen molar-refractivity contribution in [1.29, 1.82) is 0 Å². The number of rotatable bonds is 3. The fourth-order valence-corrected chi connectivity index (χ4v) is 3.37. The maximum absolute atomic E-state index is 5.53. The minimum atomic E-state index is -1.03. The van der Waals surface area contributed by atoms with Crippen LogP contribution in [-0.2, 0) is 0 Å². The van der Waals surface area contributed by atoms with E-state index < -0.39 is 8.24 Å². The fourth-order valence-electron chi connectivity index (χ4n) is 1.82. The SMILES string of the molecule is C[Si](C)(C)N1CCN(CCN)CC1. The summed E-state index contributed by atoms with van der Waals surface area (Å²) >= 11 is 0. The highest BCUT2D eigenvalue weighted by Crippen LogP contribution is 2.12. The molecule has 0 amide bonds. The number of nitrogens with zero attached hydrogens (tertiary/aromatic N) is 2. The molecular weight excluding hydrogens is 178 g/mol. The molecule has 0 aromatic rings. The molecule has 1 rings (SSSR count). The van der Waals surface area contributed by atoms with Crippen molar-refractivity contribution in [2.45, 2.75) is 19.6 Å². The Labute approximate surface area is 83.0 Å². The van der Waals surface area contributed by atoms with Crippen molar-refractivity contribution in [3.63, 3.8) is 0 Å². The second-order valence-corrected chi connectivity index (χ2v) is 9.76. The third-order valence-electron chi connectivity index (χ3n) is 2.77. The van der Waals surface area contributed by atoms with Gasteiger partial charge in [0.25, 0.3) is 0 Å². The van der Waals surface area contributed by atoms with Gasteiger partial charge < -0.3 is 10.3 Å². The maximum atomic E-state index is 5.53. The number of hydrogen-bond donors (Lipinski definition) is 1. The third-order valence-corrected chi connectivity index (χ3v) is 5.11. The lowest BCUT2D eigenvalue weighted by atomic mass is 10.3. The van der Waals surface area contributed by atoms with Gasteiger partial charge in [-0.25, -0.2) is 0 Å². The molecule has 2 N–H and O–H groups in total. The van der Waals surface area contributed by atoms with Crippen LogP contribution in [0.3, 0.4) is 0 Å². The molecule has 1 saturated heterocycles. The molecule has 3 nitrogen and oxygen atoms in total. The summed E-state index contributed by atoms with van der Waals surface area (Å²) in [4.78, 5) is 2.47. The zero-order chi connectivity index (χ0) is 9.90. The first-order chi connectivity index (χ1) is 6.04. The molecule has 0 aliphatic carbocycles. The highest BCUT2D eigenvalue weighted by atomic mass is 28.3. The minimum Gasteiger partial charge on any atom is -0.329 e. The number of hydrogen-bond acceptors (Lipinski definition) is 3. The Bertz CT molecular complexity index is 147. The van der Waals surface area contributed by atoms with Crippen molar-refractivity contribution in [1.82, 2.24) is 9.47 Å². The third kappa shape index (κ3) is 3.38. The minimum absolute atomic E-state index is 0.799. The first-order valence-electron chi connectivity index (χ1n) is 5.21. The van der Waals surface area contributed by atoms with Gasteiger partial charge >= 0.3 is 0 Å². The molecule has 78 valence electrons. The van der Waals surface area contributed by atoms with Crippen LogP contribution in [0.25, 0.3) is 0 Å². The van der Waals surface area contributed by atoms with E-state index in [2.05, 4.69) is 29.1 Å². The van der Waals surface area contributed by atoms with E-state index in [1.807, 2.05) is 0 Å². The van der Waals surface area contributed by atoms with Gasteiger partial charge in [0.05, 0.1) is 0 Å². The largest absolute Gasteiger partial charge is 0.329 e. The Kier molecular flexibility index (Phi) is 3.91. The van der Waals surface area contributed by atoms with Gasteiger partial charge in [0, 0.05) is 39.3 Å². The molecule has 0 aromatic carbocycles. The Hall–Kier alpha value is 0.0969. The molecule has 0 saturated carbocycles. The molecule has 1 fully saturated rings. The van der Waals surface area contributed by atoms with Crippen LogP contribution in [0.1, 0.15) is 0 Å². The molecule has 1 heterocycles. The van der Waals surface area contributed by atoms with E-state index >= 15 is 0 Å². The smallest absolute Gasteiger partial charge is 0.119 e. The topological polar surface area (TPSA) is 32.5 Å².